The van der Waals surface area contributed by atoms with Gasteiger partial charge in [0.2, 0.25) is 5.91 Å². The van der Waals surface area contributed by atoms with Gasteiger partial charge in [0, 0.05) is 23.6 Å². The number of rotatable bonds is 3. The van der Waals surface area contributed by atoms with Crippen LogP contribution in [0.2, 0.25) is 0 Å². The predicted octanol–water partition coefficient (Wildman–Crippen LogP) is 3.77. The summed E-state index contributed by atoms with van der Waals surface area (Å²) in [6, 6.07) is 11.8. The predicted molar refractivity (Wildman–Crippen MR) is 95.0 cm³/mol. The quantitative estimate of drug-likeness (QED) is 0.717. The van der Waals surface area contributed by atoms with Crippen LogP contribution in [-0.4, -0.2) is 21.5 Å². The number of carbonyl (C=O) groups excluding carboxylic acids is 2. The van der Waals surface area contributed by atoms with Gasteiger partial charge in [-0.25, -0.2) is 13.5 Å². The summed E-state index contributed by atoms with van der Waals surface area (Å²) in [7, 11) is 0. The van der Waals surface area contributed by atoms with E-state index in [1.54, 1.807) is 37.3 Å². The van der Waals surface area contributed by atoms with E-state index in [0.29, 0.717) is 16.8 Å². The van der Waals surface area contributed by atoms with Gasteiger partial charge in [0.15, 0.2) is 11.6 Å². The van der Waals surface area contributed by atoms with Gasteiger partial charge in [-0.2, -0.15) is 5.10 Å². The molecule has 7 heteroatoms. The number of Topliss-reactive ketones (excluding diaryl/α,β-unsaturated/α-hetero) is 1. The van der Waals surface area contributed by atoms with Crippen LogP contribution >= 0.6 is 0 Å². The summed E-state index contributed by atoms with van der Waals surface area (Å²) in [4.78, 5) is 25.2. The largest absolute Gasteiger partial charge is 0.310 e. The van der Waals surface area contributed by atoms with E-state index in [1.807, 2.05) is 0 Å². The summed E-state index contributed by atoms with van der Waals surface area (Å²) >= 11 is 0. The first-order valence-corrected chi connectivity index (χ1v) is 8.39. The monoisotopic (exact) mass is 367 g/mol. The van der Waals surface area contributed by atoms with Crippen LogP contribution in [0.15, 0.2) is 48.5 Å². The normalized spacial score (nSPS) is 16.0. The van der Waals surface area contributed by atoms with E-state index in [1.165, 1.54) is 10.7 Å². The summed E-state index contributed by atoms with van der Waals surface area (Å²) < 4.78 is 28.7. The molecule has 2 heterocycles. The second kappa shape index (κ2) is 6.42. The molecule has 1 N–H and O–H groups in total. The molecule has 0 fully saturated rings. The van der Waals surface area contributed by atoms with Crippen LogP contribution in [-0.2, 0) is 4.79 Å². The van der Waals surface area contributed by atoms with Gasteiger partial charge in [-0.15, -0.1) is 0 Å². The molecule has 5 nitrogen and oxygen atoms in total. The number of nitrogens with zero attached hydrogens (tertiary/aromatic N) is 2. The molecule has 1 aliphatic rings. The Balaban J connectivity index is 1.85. The van der Waals surface area contributed by atoms with E-state index in [9.17, 15) is 18.4 Å². The molecule has 1 aliphatic heterocycles. The Morgan fingerprint density at radius 2 is 1.93 bits per heavy atom. The first kappa shape index (κ1) is 17.1. The molecule has 0 unspecified atom stereocenters. The Kier molecular flexibility index (Phi) is 4.07. The number of hydrogen-bond donors (Lipinski definition) is 1. The first-order chi connectivity index (χ1) is 13.0. The van der Waals surface area contributed by atoms with E-state index in [4.69, 9.17) is 0 Å². The highest BCUT2D eigenvalue weighted by Crippen LogP contribution is 2.38. The average Bonchev–Trinajstić information content (AvgIpc) is 2.97. The van der Waals surface area contributed by atoms with Crippen molar-refractivity contribution in [3.63, 3.8) is 0 Å². The highest BCUT2D eigenvalue weighted by Gasteiger charge is 2.36. The zero-order valence-corrected chi connectivity index (χ0v) is 14.4. The molecule has 0 aliphatic carbocycles. The minimum absolute atomic E-state index is 0.00569. The van der Waals surface area contributed by atoms with Gasteiger partial charge in [0.05, 0.1) is 11.6 Å². The Bertz CT molecular complexity index is 1060. The Labute approximate surface area is 153 Å². The van der Waals surface area contributed by atoms with E-state index in [-0.39, 0.29) is 29.6 Å². The number of ketones is 1. The first-order valence-electron chi connectivity index (χ1n) is 8.39. The van der Waals surface area contributed by atoms with Crippen molar-refractivity contribution in [1.82, 2.24) is 9.78 Å². The summed E-state index contributed by atoms with van der Waals surface area (Å²) in [5.41, 5.74) is 1.53. The maximum atomic E-state index is 14.3. The van der Waals surface area contributed by atoms with Gasteiger partial charge in [-0.1, -0.05) is 30.3 Å². The number of nitrogens with one attached hydrogen (secondary N) is 1. The third kappa shape index (κ3) is 2.91. The van der Waals surface area contributed by atoms with Gasteiger partial charge >= 0.3 is 0 Å². The van der Waals surface area contributed by atoms with Gasteiger partial charge in [-0.3, -0.25) is 9.59 Å². The molecule has 0 radical (unpaired) electrons. The average molecular weight is 367 g/mol. The van der Waals surface area contributed by atoms with Crippen molar-refractivity contribution in [3.05, 3.63) is 77.0 Å². The molecule has 1 amide bonds. The van der Waals surface area contributed by atoms with Crippen LogP contribution in [0.5, 0.6) is 0 Å². The summed E-state index contributed by atoms with van der Waals surface area (Å²) in [5.74, 6) is -2.56. The molecule has 136 valence electrons. The molecule has 4 rings (SSSR count). The number of aromatic nitrogens is 2. The van der Waals surface area contributed by atoms with E-state index in [0.717, 1.165) is 12.1 Å². The van der Waals surface area contributed by atoms with Gasteiger partial charge < -0.3 is 5.32 Å². The highest BCUT2D eigenvalue weighted by molar-refractivity contribution is 6.07. The van der Waals surface area contributed by atoms with Crippen LogP contribution in [0.3, 0.4) is 0 Å². The Morgan fingerprint density at radius 3 is 2.63 bits per heavy atom. The Hall–Kier alpha value is -3.35. The minimum Gasteiger partial charge on any atom is -0.310 e. The fourth-order valence-electron chi connectivity index (χ4n) is 3.40. The van der Waals surface area contributed by atoms with Crippen molar-refractivity contribution in [2.75, 3.05) is 5.32 Å². The lowest BCUT2D eigenvalue weighted by Gasteiger charge is -2.23. The van der Waals surface area contributed by atoms with E-state index in [2.05, 4.69) is 10.4 Å². The van der Waals surface area contributed by atoms with Crippen molar-refractivity contribution in [3.8, 4) is 5.69 Å². The second-order valence-electron chi connectivity index (χ2n) is 6.39. The van der Waals surface area contributed by atoms with Gasteiger partial charge in [0.25, 0.3) is 0 Å². The zero-order chi connectivity index (χ0) is 19.1. The maximum absolute atomic E-state index is 14.3. The zero-order valence-electron chi connectivity index (χ0n) is 14.4. The molecular weight excluding hydrogens is 352 g/mol. The fraction of sp³-hybridized carbons (Fsp3) is 0.150. The van der Waals surface area contributed by atoms with Crippen LogP contribution in [0.1, 0.15) is 34.0 Å². The number of carbonyl (C=O) groups is 2. The molecule has 0 spiro atoms. The summed E-state index contributed by atoms with van der Waals surface area (Å²) in [6.07, 6.45) is -0.0147. The standard InChI is InChI=1S/C20H15F2N3O2/c1-11-18-14(19(27)12-5-3-2-4-6-12)10-17(26)23-20(18)25(24-11)16-8-7-13(21)9-15(16)22/h2-9,14H,10H2,1H3,(H,23,26)/t14-/m1/s1. The lowest BCUT2D eigenvalue weighted by molar-refractivity contribution is -0.116. The number of anilines is 1. The van der Waals surface area contributed by atoms with E-state index < -0.39 is 17.6 Å². The molecule has 3 aromatic rings. The van der Waals surface area contributed by atoms with Crippen LogP contribution < -0.4 is 5.32 Å². The lowest BCUT2D eigenvalue weighted by Crippen LogP contribution is -2.28. The summed E-state index contributed by atoms with van der Waals surface area (Å²) in [6.45, 7) is 1.69. The van der Waals surface area contributed by atoms with Crippen molar-refractivity contribution >= 4 is 17.5 Å². The molecule has 1 aromatic heterocycles. The fourth-order valence-corrected chi connectivity index (χ4v) is 3.40. The molecule has 0 bridgehead atoms. The third-order valence-corrected chi connectivity index (χ3v) is 4.62. The second-order valence-corrected chi connectivity index (χ2v) is 6.39. The van der Waals surface area contributed by atoms with Crippen LogP contribution in [0.4, 0.5) is 14.6 Å². The van der Waals surface area contributed by atoms with Crippen molar-refractivity contribution < 1.29 is 18.4 Å². The maximum Gasteiger partial charge on any atom is 0.226 e. The minimum atomic E-state index is -0.814. The van der Waals surface area contributed by atoms with Crippen LogP contribution in [0, 0.1) is 18.6 Å². The topological polar surface area (TPSA) is 64.0 Å². The Morgan fingerprint density at radius 1 is 1.19 bits per heavy atom. The third-order valence-electron chi connectivity index (χ3n) is 4.62. The number of amides is 1. The molecule has 1 atom stereocenters. The molecule has 0 saturated carbocycles. The number of benzene rings is 2. The van der Waals surface area contributed by atoms with Crippen molar-refractivity contribution in [2.45, 2.75) is 19.3 Å². The van der Waals surface area contributed by atoms with Crippen LogP contribution in [0.25, 0.3) is 5.69 Å². The van der Waals surface area contributed by atoms with Crippen molar-refractivity contribution in [1.29, 1.82) is 0 Å². The van der Waals surface area contributed by atoms with E-state index >= 15 is 0 Å². The van der Waals surface area contributed by atoms with Crippen molar-refractivity contribution in [2.24, 2.45) is 0 Å². The molecule has 27 heavy (non-hydrogen) atoms. The molecule has 2 aromatic carbocycles. The van der Waals surface area contributed by atoms with Gasteiger partial charge in [0.1, 0.15) is 17.3 Å². The highest BCUT2D eigenvalue weighted by atomic mass is 19.1. The number of halogens is 2. The van der Waals surface area contributed by atoms with Gasteiger partial charge in [-0.05, 0) is 19.1 Å². The molecule has 0 saturated heterocycles. The smallest absolute Gasteiger partial charge is 0.226 e. The summed E-state index contributed by atoms with van der Waals surface area (Å²) in [5, 5.41) is 6.98. The SMILES string of the molecule is Cc1nn(-c2ccc(F)cc2F)c2c1[C@H](C(=O)c1ccccc1)CC(=O)N2. The molecular formula is C20H15F2N3O2. The number of aryl methyl sites for hydroxylation is 1. The number of hydrogen-bond acceptors (Lipinski definition) is 3. The number of fused-ring (bicyclic) bond motifs is 1. The lowest BCUT2D eigenvalue weighted by atomic mass is 9.85.